The van der Waals surface area contributed by atoms with E-state index >= 15 is 0 Å². The third-order valence-corrected chi connectivity index (χ3v) is 10.2. The van der Waals surface area contributed by atoms with Crippen molar-refractivity contribution in [1.29, 1.82) is 0 Å². The number of aliphatic hydroxyl groups is 2. The number of nitrogens with one attached hydrogen (secondary N) is 2. The lowest BCUT2D eigenvalue weighted by molar-refractivity contribution is -0.129. The van der Waals surface area contributed by atoms with Gasteiger partial charge in [-0.2, -0.15) is 0 Å². The molecule has 0 bridgehead atoms. The number of amides is 3. The summed E-state index contributed by atoms with van der Waals surface area (Å²) in [7, 11) is 0. The molecule has 0 saturated carbocycles. The van der Waals surface area contributed by atoms with E-state index in [0.29, 0.717) is 54.8 Å². The third kappa shape index (κ3) is 17.4. The Labute approximate surface area is 314 Å². The Bertz CT molecular complexity index is 1260. The van der Waals surface area contributed by atoms with Crippen LogP contribution in [0.5, 0.6) is 5.75 Å². The van der Waals surface area contributed by atoms with Gasteiger partial charge in [0.2, 0.25) is 17.7 Å². The summed E-state index contributed by atoms with van der Waals surface area (Å²) in [4.78, 5) is 36.2. The summed E-state index contributed by atoms with van der Waals surface area (Å²) in [5.41, 5.74) is 1.20. The van der Waals surface area contributed by atoms with Crippen molar-refractivity contribution in [2.24, 2.45) is 35.5 Å². The van der Waals surface area contributed by atoms with Gasteiger partial charge in [0.1, 0.15) is 5.75 Å². The molecule has 3 heterocycles. The van der Waals surface area contributed by atoms with Crippen molar-refractivity contribution in [1.82, 2.24) is 15.5 Å². The fourth-order valence-electron chi connectivity index (χ4n) is 7.31. The first-order valence-corrected chi connectivity index (χ1v) is 19.8. The normalized spacial score (nSPS) is 21.6. The largest absolute Gasteiger partial charge is 0.494 e. The van der Waals surface area contributed by atoms with Gasteiger partial charge in [0, 0.05) is 52.1 Å². The van der Waals surface area contributed by atoms with Crippen LogP contribution < -0.4 is 15.4 Å². The van der Waals surface area contributed by atoms with E-state index < -0.39 is 0 Å². The third-order valence-electron chi connectivity index (χ3n) is 10.2. The average Bonchev–Trinajstić information content (AvgIpc) is 3.85. The molecule has 5 rings (SSSR count). The highest BCUT2D eigenvalue weighted by Gasteiger charge is 2.33. The zero-order chi connectivity index (χ0) is 38.3. The highest BCUT2D eigenvalue weighted by molar-refractivity contribution is 5.79. The van der Waals surface area contributed by atoms with Gasteiger partial charge >= 0.3 is 0 Å². The first-order valence-electron chi connectivity index (χ1n) is 19.8. The van der Waals surface area contributed by atoms with Crippen molar-refractivity contribution in [2.45, 2.75) is 105 Å². The Morgan fingerprint density at radius 3 is 1.60 bits per heavy atom. The van der Waals surface area contributed by atoms with Gasteiger partial charge < -0.3 is 30.5 Å². The Morgan fingerprint density at radius 1 is 0.673 bits per heavy atom. The molecule has 3 fully saturated rings. The zero-order valence-corrected chi connectivity index (χ0v) is 32.9. The number of hydrogen-bond donors (Lipinski definition) is 4. The van der Waals surface area contributed by atoms with E-state index in [-0.39, 0.29) is 37.0 Å². The van der Waals surface area contributed by atoms with Gasteiger partial charge in [0.25, 0.3) is 0 Å². The molecule has 3 aliphatic heterocycles. The van der Waals surface area contributed by atoms with Crippen molar-refractivity contribution >= 4 is 17.7 Å². The smallest absolute Gasteiger partial charge is 0.223 e. The summed E-state index contributed by atoms with van der Waals surface area (Å²) in [5, 5.41) is 23.4. The fraction of sp³-hybridized carbons (Fsp3) is 0.651. The Morgan fingerprint density at radius 2 is 1.13 bits per heavy atom. The molecule has 2 aromatic carbocycles. The SMILES string of the molecule is CC.CC(CCO)C[C@@H]1CNC(=O)C1.CC(CCO)C[C@H]1CC(=O)N([C@@H](C)c2ccccc2)C1.CC(CCOc1ccccc1)C[C@@H]1CNC(=O)C1. The highest BCUT2D eigenvalue weighted by Crippen LogP contribution is 2.32. The lowest BCUT2D eigenvalue weighted by atomic mass is 9.93. The molecule has 9 nitrogen and oxygen atoms in total. The lowest BCUT2D eigenvalue weighted by Gasteiger charge is -2.25. The molecule has 3 aliphatic rings. The van der Waals surface area contributed by atoms with Crippen LogP contribution in [0.3, 0.4) is 0 Å². The Kier molecular flexibility index (Phi) is 22.0. The van der Waals surface area contributed by atoms with Crippen LogP contribution in [0.2, 0.25) is 0 Å². The van der Waals surface area contributed by atoms with Gasteiger partial charge in [-0.1, -0.05) is 83.1 Å². The summed E-state index contributed by atoms with van der Waals surface area (Å²) in [6.07, 6.45) is 7.95. The van der Waals surface area contributed by atoms with Crippen LogP contribution >= 0.6 is 0 Å². The minimum Gasteiger partial charge on any atom is -0.494 e. The molecular formula is C43H69N3O6. The van der Waals surface area contributed by atoms with Crippen LogP contribution in [0.15, 0.2) is 60.7 Å². The average molecular weight is 724 g/mol. The lowest BCUT2D eigenvalue weighted by Crippen LogP contribution is -2.28. The summed E-state index contributed by atoms with van der Waals surface area (Å²) in [6.45, 7) is 16.4. The van der Waals surface area contributed by atoms with E-state index in [1.165, 1.54) is 5.56 Å². The van der Waals surface area contributed by atoms with Gasteiger partial charge in [0.15, 0.2) is 0 Å². The number of hydrogen-bond acceptors (Lipinski definition) is 6. The number of rotatable bonds is 16. The minimum absolute atomic E-state index is 0.154. The second-order valence-electron chi connectivity index (χ2n) is 14.9. The molecule has 0 aromatic heterocycles. The van der Waals surface area contributed by atoms with Crippen LogP contribution in [0.1, 0.15) is 111 Å². The first kappa shape index (κ1) is 44.7. The summed E-state index contributed by atoms with van der Waals surface area (Å²) in [6, 6.07) is 20.3. The van der Waals surface area contributed by atoms with E-state index in [9.17, 15) is 14.4 Å². The molecule has 0 spiro atoms. The molecule has 3 amide bonds. The van der Waals surface area contributed by atoms with Gasteiger partial charge in [-0.15, -0.1) is 0 Å². The number of benzene rings is 2. The number of ether oxygens (including phenoxy) is 1. The van der Waals surface area contributed by atoms with E-state index in [2.05, 4.69) is 50.5 Å². The van der Waals surface area contributed by atoms with Crippen molar-refractivity contribution in [2.75, 3.05) is 39.5 Å². The van der Waals surface area contributed by atoms with Crippen LogP contribution in [0.4, 0.5) is 0 Å². The monoisotopic (exact) mass is 724 g/mol. The van der Waals surface area contributed by atoms with Gasteiger partial charge in [-0.3, -0.25) is 14.4 Å². The second kappa shape index (κ2) is 25.5. The summed E-state index contributed by atoms with van der Waals surface area (Å²) >= 11 is 0. The molecule has 0 radical (unpaired) electrons. The van der Waals surface area contributed by atoms with Gasteiger partial charge in [0.05, 0.1) is 12.6 Å². The fourth-order valence-corrected chi connectivity index (χ4v) is 7.31. The molecule has 0 aliphatic carbocycles. The number of likely N-dealkylation sites (tertiary alicyclic amines) is 1. The Hall–Kier alpha value is -3.43. The molecule has 4 N–H and O–H groups in total. The van der Waals surface area contributed by atoms with Crippen molar-refractivity contribution in [3.05, 3.63) is 66.2 Å². The quantitative estimate of drug-likeness (QED) is 0.145. The number of para-hydroxylation sites is 1. The molecular weight excluding hydrogens is 654 g/mol. The van der Waals surface area contributed by atoms with E-state index in [0.717, 1.165) is 70.5 Å². The highest BCUT2D eigenvalue weighted by atomic mass is 16.5. The standard InChI is InChI=1S/C17H25NO2.C15H21NO2.C9H17NO2.C2H6/c1-13(8-9-19)10-15-11-17(20)18(12-15)14(2)16-6-4-3-5-7-16;1-12(9-13-10-15(17)16-11-13)7-8-18-14-5-3-2-4-6-14;1-7(2-3-11)4-8-5-9(12)10-6-8;1-2/h3-7,13-15,19H,8-12H2,1-2H3;2-6,12-13H,7-11H2,1H3,(H,16,17);7-8,11H,2-6H2,1H3,(H,10,12);1-2H3/t13?,14-,15-;12?,13-;7?,8-;/m000./s1. The Balaban J connectivity index is 0.000000271. The van der Waals surface area contributed by atoms with E-state index in [1.54, 1.807) is 0 Å². The topological polar surface area (TPSA) is 128 Å². The maximum absolute atomic E-state index is 12.2. The summed E-state index contributed by atoms with van der Waals surface area (Å²) in [5.74, 6) is 4.66. The van der Waals surface area contributed by atoms with Crippen LogP contribution in [0.25, 0.3) is 0 Å². The zero-order valence-electron chi connectivity index (χ0n) is 32.9. The number of nitrogens with zero attached hydrogens (tertiary/aromatic N) is 1. The van der Waals surface area contributed by atoms with Crippen molar-refractivity contribution in [3.63, 3.8) is 0 Å². The molecule has 2 aromatic rings. The van der Waals surface area contributed by atoms with E-state index in [4.69, 9.17) is 14.9 Å². The molecule has 52 heavy (non-hydrogen) atoms. The predicted molar refractivity (Wildman–Crippen MR) is 210 cm³/mol. The molecule has 9 heteroatoms. The summed E-state index contributed by atoms with van der Waals surface area (Å²) < 4.78 is 5.68. The maximum atomic E-state index is 12.2. The second-order valence-corrected chi connectivity index (χ2v) is 14.9. The van der Waals surface area contributed by atoms with Crippen LogP contribution in [0, 0.1) is 35.5 Å². The molecule has 7 atom stereocenters. The van der Waals surface area contributed by atoms with E-state index in [1.807, 2.05) is 67.3 Å². The van der Waals surface area contributed by atoms with Crippen molar-refractivity contribution in [3.8, 4) is 5.75 Å². The predicted octanol–water partition coefficient (Wildman–Crippen LogP) is 7.18. The van der Waals surface area contributed by atoms with Crippen molar-refractivity contribution < 1.29 is 29.3 Å². The number of aliphatic hydroxyl groups excluding tert-OH is 2. The minimum atomic E-state index is 0.154. The van der Waals surface area contributed by atoms with Gasteiger partial charge in [-0.05, 0) is 98.7 Å². The number of carbonyl (C=O) groups excluding carboxylic acids is 3. The molecule has 3 saturated heterocycles. The first-order chi connectivity index (χ1) is 25.1. The van der Waals surface area contributed by atoms with Crippen LogP contribution in [-0.2, 0) is 14.4 Å². The van der Waals surface area contributed by atoms with Crippen LogP contribution in [-0.4, -0.2) is 72.3 Å². The number of carbonyl (C=O) groups is 3. The molecule has 3 unspecified atom stereocenters. The molecule has 292 valence electrons. The van der Waals surface area contributed by atoms with Gasteiger partial charge in [-0.25, -0.2) is 0 Å². The maximum Gasteiger partial charge on any atom is 0.223 e.